The molecule has 1 aliphatic rings. The van der Waals surface area contributed by atoms with E-state index in [2.05, 4.69) is 5.32 Å². The highest BCUT2D eigenvalue weighted by atomic mass is 19.1. The summed E-state index contributed by atoms with van der Waals surface area (Å²) < 4.78 is 13.7. The maximum absolute atomic E-state index is 13.7. The van der Waals surface area contributed by atoms with Crippen molar-refractivity contribution in [3.8, 4) is 0 Å². The van der Waals surface area contributed by atoms with Crippen LogP contribution in [0.15, 0.2) is 18.2 Å². The maximum Gasteiger partial charge on any atom is 0.148 e. The molecule has 0 aliphatic heterocycles. The summed E-state index contributed by atoms with van der Waals surface area (Å²) in [7, 11) is 0. The molecular formula is C13H19FN2O. The van der Waals surface area contributed by atoms with Gasteiger partial charge in [0.1, 0.15) is 5.82 Å². The number of benzene rings is 1. The van der Waals surface area contributed by atoms with Gasteiger partial charge >= 0.3 is 0 Å². The molecule has 0 spiro atoms. The molecule has 0 bridgehead atoms. The quantitative estimate of drug-likeness (QED) is 0.709. The Morgan fingerprint density at radius 1 is 1.29 bits per heavy atom. The average molecular weight is 238 g/mol. The van der Waals surface area contributed by atoms with E-state index < -0.39 is 0 Å². The van der Waals surface area contributed by atoms with Crippen LogP contribution in [0.1, 0.15) is 32.1 Å². The number of halogens is 1. The van der Waals surface area contributed by atoms with E-state index in [4.69, 9.17) is 5.73 Å². The van der Waals surface area contributed by atoms with Crippen molar-refractivity contribution in [1.29, 1.82) is 0 Å². The Morgan fingerprint density at radius 2 is 2.00 bits per heavy atom. The Bertz CT molecular complexity index is 389. The van der Waals surface area contributed by atoms with Crippen molar-refractivity contribution in [1.82, 2.24) is 0 Å². The molecule has 1 aromatic rings. The van der Waals surface area contributed by atoms with Crippen molar-refractivity contribution in [3.63, 3.8) is 0 Å². The first-order chi connectivity index (χ1) is 8.15. The molecule has 3 nitrogen and oxygen atoms in total. The topological polar surface area (TPSA) is 58.3 Å². The molecule has 0 radical (unpaired) electrons. The van der Waals surface area contributed by atoms with Crippen LogP contribution >= 0.6 is 0 Å². The van der Waals surface area contributed by atoms with Gasteiger partial charge in [0.2, 0.25) is 0 Å². The molecular weight excluding hydrogens is 219 g/mol. The van der Waals surface area contributed by atoms with Crippen molar-refractivity contribution < 1.29 is 9.50 Å². The summed E-state index contributed by atoms with van der Waals surface area (Å²) in [6.07, 6.45) is 5.10. The number of aliphatic hydroxyl groups is 1. The SMILES string of the molecule is Nc1ccc(NC2(CO)CCCCC2)c(F)c1. The van der Waals surface area contributed by atoms with Crippen LogP contribution in [0.5, 0.6) is 0 Å². The predicted octanol–water partition coefficient (Wildman–Crippen LogP) is 2.52. The van der Waals surface area contributed by atoms with Crippen LogP contribution in [0.3, 0.4) is 0 Å². The van der Waals surface area contributed by atoms with Gasteiger partial charge in [-0.05, 0) is 31.0 Å². The van der Waals surface area contributed by atoms with E-state index in [0.717, 1.165) is 25.7 Å². The van der Waals surface area contributed by atoms with Crippen LogP contribution < -0.4 is 11.1 Å². The molecule has 4 N–H and O–H groups in total. The molecule has 1 aliphatic carbocycles. The Hall–Kier alpha value is -1.29. The van der Waals surface area contributed by atoms with Gasteiger partial charge in [-0.3, -0.25) is 0 Å². The molecule has 0 unspecified atom stereocenters. The van der Waals surface area contributed by atoms with E-state index in [1.807, 2.05) is 0 Å². The highest BCUT2D eigenvalue weighted by molar-refractivity contribution is 5.54. The largest absolute Gasteiger partial charge is 0.399 e. The summed E-state index contributed by atoms with van der Waals surface area (Å²) in [6.45, 7) is 0.0385. The lowest BCUT2D eigenvalue weighted by molar-refractivity contribution is 0.172. The highest BCUT2D eigenvalue weighted by Crippen LogP contribution is 2.32. The molecule has 1 aromatic carbocycles. The first-order valence-corrected chi connectivity index (χ1v) is 6.09. The number of nitrogen functional groups attached to an aromatic ring is 1. The Morgan fingerprint density at radius 3 is 2.59 bits per heavy atom. The fraction of sp³-hybridized carbons (Fsp3) is 0.538. The molecule has 4 heteroatoms. The zero-order valence-electron chi connectivity index (χ0n) is 9.88. The predicted molar refractivity (Wildman–Crippen MR) is 67.3 cm³/mol. The zero-order chi connectivity index (χ0) is 12.3. The van der Waals surface area contributed by atoms with E-state index in [9.17, 15) is 9.50 Å². The van der Waals surface area contributed by atoms with E-state index in [-0.39, 0.29) is 18.0 Å². The lowest BCUT2D eigenvalue weighted by Gasteiger charge is -2.37. The second-order valence-corrected chi connectivity index (χ2v) is 4.86. The molecule has 1 fully saturated rings. The average Bonchev–Trinajstić information content (AvgIpc) is 2.34. The Labute approximate surface area is 101 Å². The second kappa shape index (κ2) is 4.92. The van der Waals surface area contributed by atoms with Crippen LogP contribution in [0, 0.1) is 5.82 Å². The summed E-state index contributed by atoms with van der Waals surface area (Å²) in [5.74, 6) is -0.358. The van der Waals surface area contributed by atoms with Crippen LogP contribution in [-0.4, -0.2) is 17.3 Å². The van der Waals surface area contributed by atoms with Gasteiger partial charge in [-0.25, -0.2) is 4.39 Å². The molecule has 17 heavy (non-hydrogen) atoms. The first kappa shape index (κ1) is 12.2. The van der Waals surface area contributed by atoms with Crippen molar-refractivity contribution >= 4 is 11.4 Å². The number of rotatable bonds is 3. The molecule has 94 valence electrons. The highest BCUT2D eigenvalue weighted by Gasteiger charge is 2.31. The molecule has 1 saturated carbocycles. The molecule has 0 atom stereocenters. The van der Waals surface area contributed by atoms with Gasteiger partial charge in [0, 0.05) is 5.69 Å². The minimum Gasteiger partial charge on any atom is -0.399 e. The van der Waals surface area contributed by atoms with Gasteiger partial charge in [0.05, 0.1) is 17.8 Å². The minimum atomic E-state index is -0.366. The van der Waals surface area contributed by atoms with E-state index >= 15 is 0 Å². The second-order valence-electron chi connectivity index (χ2n) is 4.86. The Kier molecular flexibility index (Phi) is 3.52. The normalized spacial score (nSPS) is 18.9. The third kappa shape index (κ3) is 2.69. The summed E-state index contributed by atoms with van der Waals surface area (Å²) in [5.41, 5.74) is 5.98. The van der Waals surface area contributed by atoms with Crippen LogP contribution in [0.4, 0.5) is 15.8 Å². The maximum atomic E-state index is 13.7. The van der Waals surface area contributed by atoms with Gasteiger partial charge in [-0.2, -0.15) is 0 Å². The van der Waals surface area contributed by atoms with Gasteiger partial charge in [-0.15, -0.1) is 0 Å². The summed E-state index contributed by atoms with van der Waals surface area (Å²) in [5, 5.41) is 12.7. The van der Waals surface area contributed by atoms with Gasteiger partial charge in [0.25, 0.3) is 0 Å². The smallest absolute Gasteiger partial charge is 0.148 e. The molecule has 0 heterocycles. The monoisotopic (exact) mass is 238 g/mol. The third-order valence-electron chi connectivity index (χ3n) is 3.51. The van der Waals surface area contributed by atoms with Gasteiger partial charge in [0.15, 0.2) is 0 Å². The zero-order valence-corrected chi connectivity index (χ0v) is 9.88. The standard InChI is InChI=1S/C13H19FN2O/c14-11-8-10(15)4-5-12(11)16-13(9-17)6-2-1-3-7-13/h4-5,8,16-17H,1-3,6-7,9,15H2. The fourth-order valence-corrected chi connectivity index (χ4v) is 2.47. The van der Waals surface area contributed by atoms with Crippen LogP contribution in [-0.2, 0) is 0 Å². The number of nitrogens with two attached hydrogens (primary N) is 1. The van der Waals surface area contributed by atoms with Crippen molar-refractivity contribution in [2.75, 3.05) is 17.7 Å². The third-order valence-corrected chi connectivity index (χ3v) is 3.51. The van der Waals surface area contributed by atoms with E-state index in [1.54, 1.807) is 12.1 Å². The van der Waals surface area contributed by atoms with Crippen molar-refractivity contribution in [3.05, 3.63) is 24.0 Å². The number of anilines is 2. The first-order valence-electron chi connectivity index (χ1n) is 6.09. The van der Waals surface area contributed by atoms with E-state index in [1.165, 1.54) is 12.5 Å². The molecule has 0 amide bonds. The summed E-state index contributed by atoms with van der Waals surface area (Å²) in [4.78, 5) is 0. The lowest BCUT2D eigenvalue weighted by atomic mass is 9.82. The van der Waals surface area contributed by atoms with Crippen molar-refractivity contribution in [2.45, 2.75) is 37.6 Å². The fourth-order valence-electron chi connectivity index (χ4n) is 2.47. The van der Waals surface area contributed by atoms with Crippen LogP contribution in [0.25, 0.3) is 0 Å². The summed E-state index contributed by atoms with van der Waals surface area (Å²) in [6, 6.07) is 4.60. The van der Waals surface area contributed by atoms with Crippen molar-refractivity contribution in [2.24, 2.45) is 0 Å². The van der Waals surface area contributed by atoms with Crippen LogP contribution in [0.2, 0.25) is 0 Å². The lowest BCUT2D eigenvalue weighted by Crippen LogP contribution is -2.44. The van der Waals surface area contributed by atoms with Gasteiger partial charge < -0.3 is 16.2 Å². The number of aliphatic hydroxyl groups excluding tert-OH is 1. The number of hydrogen-bond acceptors (Lipinski definition) is 3. The number of nitrogens with one attached hydrogen (secondary N) is 1. The molecule has 0 aromatic heterocycles. The molecule has 2 rings (SSSR count). The molecule has 0 saturated heterocycles. The van der Waals surface area contributed by atoms with E-state index in [0.29, 0.717) is 11.4 Å². The van der Waals surface area contributed by atoms with Gasteiger partial charge in [-0.1, -0.05) is 19.3 Å². The Balaban J connectivity index is 2.17. The minimum absolute atomic E-state index is 0.0385. The number of hydrogen-bond donors (Lipinski definition) is 3. The summed E-state index contributed by atoms with van der Waals surface area (Å²) >= 11 is 0.